The fraction of sp³-hybridized carbons (Fsp3) is 0.455. The molecule has 1 saturated heterocycles. The number of rotatable bonds is 1. The van der Waals surface area contributed by atoms with E-state index in [0.717, 1.165) is 29.7 Å². The van der Waals surface area contributed by atoms with Gasteiger partial charge < -0.3 is 15.5 Å². The number of anilines is 2. The second-order valence-corrected chi connectivity index (χ2v) is 5.00. The number of nitrogen functional groups attached to an aromatic ring is 1. The summed E-state index contributed by atoms with van der Waals surface area (Å²) in [5.74, 6) is 0.116. The van der Waals surface area contributed by atoms with Gasteiger partial charge in [-0.15, -0.1) is 0 Å². The molecule has 0 saturated carbocycles. The summed E-state index contributed by atoms with van der Waals surface area (Å²) in [5, 5.41) is 0. The third kappa shape index (κ3) is 2.52. The first kappa shape index (κ1) is 12.2. The smallest absolute Gasteiger partial charge is 0.241 e. The maximum atomic E-state index is 11.8. The van der Waals surface area contributed by atoms with Gasteiger partial charge in [0.05, 0.1) is 28.6 Å². The number of carbonyl (C=O) groups is 1. The minimum absolute atomic E-state index is 0.116. The van der Waals surface area contributed by atoms with Crippen molar-refractivity contribution in [3.8, 4) is 0 Å². The molecule has 6 heteroatoms. The van der Waals surface area contributed by atoms with Crippen LogP contribution in [0.15, 0.2) is 16.9 Å². The molecule has 0 aliphatic carbocycles. The molecule has 0 aromatic carbocycles. The van der Waals surface area contributed by atoms with Crippen LogP contribution in [0.5, 0.6) is 0 Å². The first-order chi connectivity index (χ1) is 8.09. The van der Waals surface area contributed by atoms with Crippen molar-refractivity contribution in [1.29, 1.82) is 0 Å². The van der Waals surface area contributed by atoms with Gasteiger partial charge in [-0.3, -0.25) is 9.78 Å². The van der Waals surface area contributed by atoms with Crippen LogP contribution in [0, 0.1) is 0 Å². The van der Waals surface area contributed by atoms with Crippen molar-refractivity contribution in [3.63, 3.8) is 0 Å². The van der Waals surface area contributed by atoms with E-state index in [-0.39, 0.29) is 5.91 Å². The van der Waals surface area contributed by atoms with Crippen molar-refractivity contribution in [2.24, 2.45) is 0 Å². The average molecular weight is 299 g/mol. The van der Waals surface area contributed by atoms with Crippen molar-refractivity contribution in [2.45, 2.75) is 6.42 Å². The quantitative estimate of drug-likeness (QED) is 0.843. The predicted octanol–water partition coefficient (Wildman–Crippen LogP) is 1.09. The minimum Gasteiger partial charge on any atom is -0.396 e. The molecule has 1 fully saturated rings. The number of carbonyl (C=O) groups excluding carboxylic acids is 1. The summed E-state index contributed by atoms with van der Waals surface area (Å²) in [6.07, 6.45) is 4.25. The molecule has 0 bridgehead atoms. The van der Waals surface area contributed by atoms with Crippen LogP contribution in [0.25, 0.3) is 0 Å². The minimum atomic E-state index is 0.116. The molecule has 1 amide bonds. The standard InChI is InChI=1S/C11H15BrN4O/c1-15-3-2-4-16(7-10(15)17)11-8(12)5-14-6-9(11)13/h5-6H,2-4,7,13H2,1H3. The van der Waals surface area contributed by atoms with E-state index in [4.69, 9.17) is 5.73 Å². The summed E-state index contributed by atoms with van der Waals surface area (Å²) in [6, 6.07) is 0. The SMILES string of the molecule is CN1CCCN(c2c(N)cncc2Br)CC1=O. The maximum absolute atomic E-state index is 11.8. The lowest BCUT2D eigenvalue weighted by Crippen LogP contribution is -2.34. The van der Waals surface area contributed by atoms with Gasteiger partial charge in [-0.2, -0.15) is 0 Å². The largest absolute Gasteiger partial charge is 0.396 e. The second kappa shape index (κ2) is 4.91. The van der Waals surface area contributed by atoms with Crippen LogP contribution >= 0.6 is 15.9 Å². The first-order valence-corrected chi connectivity index (χ1v) is 6.27. The van der Waals surface area contributed by atoms with E-state index >= 15 is 0 Å². The van der Waals surface area contributed by atoms with Crippen molar-refractivity contribution < 1.29 is 4.79 Å². The van der Waals surface area contributed by atoms with Gasteiger partial charge in [0.2, 0.25) is 5.91 Å². The Bertz CT molecular complexity index is 417. The number of amides is 1. The third-order valence-corrected chi connectivity index (χ3v) is 3.47. The lowest BCUT2D eigenvalue weighted by molar-refractivity contribution is -0.127. The van der Waals surface area contributed by atoms with E-state index in [2.05, 4.69) is 20.9 Å². The summed E-state index contributed by atoms with van der Waals surface area (Å²) < 4.78 is 0.829. The number of hydrogen-bond donors (Lipinski definition) is 1. The highest BCUT2D eigenvalue weighted by molar-refractivity contribution is 9.10. The number of pyridine rings is 1. The van der Waals surface area contributed by atoms with E-state index in [1.165, 1.54) is 0 Å². The lowest BCUT2D eigenvalue weighted by Gasteiger charge is -2.24. The van der Waals surface area contributed by atoms with E-state index < -0.39 is 0 Å². The number of hydrogen-bond acceptors (Lipinski definition) is 4. The molecule has 0 unspecified atom stereocenters. The molecular formula is C11H15BrN4O. The van der Waals surface area contributed by atoms with Gasteiger partial charge >= 0.3 is 0 Å². The van der Waals surface area contributed by atoms with Crippen LogP contribution in [0.4, 0.5) is 11.4 Å². The number of nitrogens with two attached hydrogens (primary N) is 1. The Labute approximate surface area is 109 Å². The Morgan fingerprint density at radius 2 is 2.18 bits per heavy atom. The molecule has 0 spiro atoms. The highest BCUT2D eigenvalue weighted by Crippen LogP contribution is 2.31. The summed E-state index contributed by atoms with van der Waals surface area (Å²) in [7, 11) is 1.83. The van der Waals surface area contributed by atoms with Gasteiger partial charge in [-0.25, -0.2) is 0 Å². The van der Waals surface area contributed by atoms with Gasteiger partial charge in [0.25, 0.3) is 0 Å². The van der Waals surface area contributed by atoms with Crippen LogP contribution in [0.2, 0.25) is 0 Å². The summed E-state index contributed by atoms with van der Waals surface area (Å²) in [6.45, 7) is 1.98. The highest BCUT2D eigenvalue weighted by atomic mass is 79.9. The number of nitrogens with zero attached hydrogens (tertiary/aromatic N) is 3. The Morgan fingerprint density at radius 3 is 2.88 bits per heavy atom. The van der Waals surface area contributed by atoms with Crippen LogP contribution < -0.4 is 10.6 Å². The molecular weight excluding hydrogens is 284 g/mol. The zero-order valence-corrected chi connectivity index (χ0v) is 11.3. The molecule has 2 rings (SSSR count). The zero-order valence-electron chi connectivity index (χ0n) is 9.69. The number of halogens is 1. The lowest BCUT2D eigenvalue weighted by atomic mass is 10.3. The Hall–Kier alpha value is -1.30. The van der Waals surface area contributed by atoms with Gasteiger partial charge in [0.1, 0.15) is 0 Å². The van der Waals surface area contributed by atoms with Gasteiger partial charge in [0.15, 0.2) is 0 Å². The monoisotopic (exact) mass is 298 g/mol. The normalized spacial score (nSPS) is 17.2. The van der Waals surface area contributed by atoms with Crippen molar-refractivity contribution in [3.05, 3.63) is 16.9 Å². The molecule has 1 aliphatic rings. The summed E-state index contributed by atoms with van der Waals surface area (Å²) >= 11 is 3.43. The molecule has 2 heterocycles. The topological polar surface area (TPSA) is 62.5 Å². The van der Waals surface area contributed by atoms with Crippen molar-refractivity contribution >= 4 is 33.2 Å². The number of likely N-dealkylation sites (N-methyl/N-ethyl adjacent to an activating group) is 1. The van der Waals surface area contributed by atoms with Crippen molar-refractivity contribution in [2.75, 3.05) is 37.3 Å². The van der Waals surface area contributed by atoms with E-state index in [1.54, 1.807) is 17.3 Å². The second-order valence-electron chi connectivity index (χ2n) is 4.15. The van der Waals surface area contributed by atoms with E-state index in [1.807, 2.05) is 11.9 Å². The van der Waals surface area contributed by atoms with Crippen LogP contribution in [-0.2, 0) is 4.79 Å². The highest BCUT2D eigenvalue weighted by Gasteiger charge is 2.22. The maximum Gasteiger partial charge on any atom is 0.241 e. The summed E-state index contributed by atoms with van der Waals surface area (Å²) in [4.78, 5) is 19.6. The Kier molecular flexibility index (Phi) is 3.51. The van der Waals surface area contributed by atoms with Crippen LogP contribution in [0.3, 0.4) is 0 Å². The molecule has 0 radical (unpaired) electrons. The van der Waals surface area contributed by atoms with Crippen LogP contribution in [0.1, 0.15) is 6.42 Å². The van der Waals surface area contributed by atoms with E-state index in [0.29, 0.717) is 12.2 Å². The van der Waals surface area contributed by atoms with Gasteiger partial charge in [-0.05, 0) is 22.4 Å². The zero-order chi connectivity index (χ0) is 12.4. The average Bonchev–Trinajstić information content (AvgIpc) is 2.42. The van der Waals surface area contributed by atoms with Gasteiger partial charge in [0, 0.05) is 26.3 Å². The molecule has 1 aromatic rings. The van der Waals surface area contributed by atoms with Crippen molar-refractivity contribution in [1.82, 2.24) is 9.88 Å². The Balaban J connectivity index is 2.30. The number of aromatic nitrogens is 1. The fourth-order valence-electron chi connectivity index (χ4n) is 1.95. The first-order valence-electron chi connectivity index (χ1n) is 5.47. The molecule has 2 N–H and O–H groups in total. The van der Waals surface area contributed by atoms with Crippen LogP contribution in [-0.4, -0.2) is 42.5 Å². The fourth-order valence-corrected chi connectivity index (χ4v) is 2.55. The summed E-state index contributed by atoms with van der Waals surface area (Å²) in [5.41, 5.74) is 7.38. The predicted molar refractivity (Wildman–Crippen MR) is 70.8 cm³/mol. The molecule has 17 heavy (non-hydrogen) atoms. The van der Waals surface area contributed by atoms with Gasteiger partial charge in [-0.1, -0.05) is 0 Å². The van der Waals surface area contributed by atoms with E-state index in [9.17, 15) is 4.79 Å². The molecule has 0 atom stereocenters. The molecule has 5 nitrogen and oxygen atoms in total. The Morgan fingerprint density at radius 1 is 1.41 bits per heavy atom. The third-order valence-electron chi connectivity index (χ3n) is 2.89. The molecule has 1 aromatic heterocycles. The molecule has 1 aliphatic heterocycles. The molecule has 92 valence electrons.